The zero-order chi connectivity index (χ0) is 16.5. The van der Waals surface area contributed by atoms with E-state index in [4.69, 9.17) is 0 Å². The topological polar surface area (TPSA) is 70.2 Å². The lowest BCUT2D eigenvalue weighted by atomic mass is 10.1. The predicted molar refractivity (Wildman–Crippen MR) is 91.1 cm³/mol. The largest absolute Gasteiger partial charge is 0.352 e. The van der Waals surface area contributed by atoms with E-state index in [1.54, 1.807) is 12.1 Å². The average molecular weight is 311 g/mol. The molecule has 0 fully saturated rings. The lowest BCUT2D eigenvalue weighted by molar-refractivity contribution is -0.121. The third-order valence-corrected chi connectivity index (χ3v) is 3.41. The van der Waals surface area contributed by atoms with Crippen molar-refractivity contribution in [2.45, 2.75) is 19.9 Å². The molecule has 2 rings (SSSR count). The fourth-order valence-corrected chi connectivity index (χ4v) is 2.08. The number of rotatable bonds is 6. The summed E-state index contributed by atoms with van der Waals surface area (Å²) in [6, 6.07) is 16.8. The summed E-state index contributed by atoms with van der Waals surface area (Å²) < 4.78 is 0. The van der Waals surface area contributed by atoms with E-state index in [9.17, 15) is 9.59 Å². The Bertz CT molecular complexity index is 656. The van der Waals surface area contributed by atoms with Gasteiger partial charge in [0.1, 0.15) is 0 Å². The smallest absolute Gasteiger partial charge is 0.319 e. The lowest BCUT2D eigenvalue weighted by Crippen LogP contribution is -2.33. The second kappa shape index (κ2) is 8.58. The first-order valence-corrected chi connectivity index (χ1v) is 7.56. The molecule has 0 heterocycles. The van der Waals surface area contributed by atoms with Gasteiger partial charge in [0.05, 0.1) is 0 Å². The van der Waals surface area contributed by atoms with E-state index in [0.717, 1.165) is 11.1 Å². The fraction of sp³-hybridized carbons (Fsp3) is 0.222. The van der Waals surface area contributed by atoms with Crippen LogP contribution in [0, 0.1) is 6.92 Å². The fourth-order valence-electron chi connectivity index (χ4n) is 2.08. The van der Waals surface area contributed by atoms with Gasteiger partial charge in [-0.15, -0.1) is 0 Å². The number of carbonyl (C=O) groups is 2. The van der Waals surface area contributed by atoms with Gasteiger partial charge in [-0.3, -0.25) is 4.79 Å². The molecule has 0 saturated heterocycles. The Kier molecular flexibility index (Phi) is 6.17. The van der Waals surface area contributed by atoms with Crippen LogP contribution in [0.2, 0.25) is 0 Å². The van der Waals surface area contributed by atoms with Crippen molar-refractivity contribution in [1.82, 2.24) is 10.6 Å². The molecule has 23 heavy (non-hydrogen) atoms. The quantitative estimate of drug-likeness (QED) is 0.768. The molecular weight excluding hydrogens is 290 g/mol. The molecular formula is C18H21N3O2. The van der Waals surface area contributed by atoms with E-state index in [-0.39, 0.29) is 24.9 Å². The number of anilines is 1. The summed E-state index contributed by atoms with van der Waals surface area (Å²) in [6.45, 7) is 2.80. The molecule has 0 saturated carbocycles. The second-order valence-corrected chi connectivity index (χ2v) is 5.20. The van der Waals surface area contributed by atoms with Crippen LogP contribution in [0.5, 0.6) is 0 Å². The minimum atomic E-state index is -0.317. The van der Waals surface area contributed by atoms with Crippen molar-refractivity contribution in [1.29, 1.82) is 0 Å². The summed E-state index contributed by atoms with van der Waals surface area (Å²) in [6.07, 6.45) is 0.244. The van der Waals surface area contributed by atoms with Crippen molar-refractivity contribution < 1.29 is 9.59 Å². The summed E-state index contributed by atoms with van der Waals surface area (Å²) in [5, 5.41) is 8.21. The van der Waals surface area contributed by atoms with Crippen LogP contribution in [0.15, 0.2) is 54.6 Å². The molecule has 0 unspecified atom stereocenters. The molecule has 0 aromatic heterocycles. The Morgan fingerprint density at radius 2 is 1.61 bits per heavy atom. The average Bonchev–Trinajstić information content (AvgIpc) is 2.55. The standard InChI is InChI=1S/C18H21N3O2/c1-14-7-5-6-8-15(14)13-20-17(22)11-12-19-18(23)21-16-9-3-2-4-10-16/h2-10H,11-13H2,1H3,(H,20,22)(H2,19,21,23). The molecule has 2 aromatic rings. The molecule has 0 aliphatic carbocycles. The van der Waals surface area contributed by atoms with Gasteiger partial charge in [0.2, 0.25) is 5.91 Å². The first-order chi connectivity index (χ1) is 11.1. The lowest BCUT2D eigenvalue weighted by Gasteiger charge is -2.09. The summed E-state index contributed by atoms with van der Waals surface area (Å²) in [4.78, 5) is 23.4. The van der Waals surface area contributed by atoms with Gasteiger partial charge in [-0.2, -0.15) is 0 Å². The van der Waals surface area contributed by atoms with Crippen molar-refractivity contribution in [3.05, 3.63) is 65.7 Å². The normalized spacial score (nSPS) is 9.96. The van der Waals surface area contributed by atoms with Gasteiger partial charge in [-0.1, -0.05) is 42.5 Å². The van der Waals surface area contributed by atoms with E-state index in [1.807, 2.05) is 49.4 Å². The molecule has 0 radical (unpaired) electrons. The zero-order valence-corrected chi connectivity index (χ0v) is 13.1. The molecule has 120 valence electrons. The van der Waals surface area contributed by atoms with E-state index < -0.39 is 0 Å². The molecule has 5 nitrogen and oxygen atoms in total. The van der Waals surface area contributed by atoms with E-state index >= 15 is 0 Å². The highest BCUT2D eigenvalue weighted by atomic mass is 16.2. The summed E-state index contributed by atoms with van der Waals surface area (Å²) in [7, 11) is 0. The first-order valence-electron chi connectivity index (χ1n) is 7.56. The van der Waals surface area contributed by atoms with Crippen LogP contribution in [0.4, 0.5) is 10.5 Å². The van der Waals surface area contributed by atoms with E-state index in [1.165, 1.54) is 0 Å². The molecule has 0 atom stereocenters. The van der Waals surface area contributed by atoms with Crippen molar-refractivity contribution in [2.75, 3.05) is 11.9 Å². The molecule has 3 amide bonds. The Balaban J connectivity index is 1.65. The van der Waals surface area contributed by atoms with Gasteiger partial charge in [-0.05, 0) is 30.2 Å². The van der Waals surface area contributed by atoms with Gasteiger partial charge in [0.25, 0.3) is 0 Å². The van der Waals surface area contributed by atoms with Crippen molar-refractivity contribution in [3.63, 3.8) is 0 Å². The van der Waals surface area contributed by atoms with Gasteiger partial charge in [0, 0.05) is 25.2 Å². The third kappa shape index (κ3) is 5.82. The maximum absolute atomic E-state index is 11.8. The molecule has 0 spiro atoms. The maximum atomic E-state index is 11.8. The Labute approximate surface area is 136 Å². The molecule has 5 heteroatoms. The van der Waals surface area contributed by atoms with Crippen LogP contribution < -0.4 is 16.0 Å². The van der Waals surface area contributed by atoms with Crippen LogP contribution in [0.3, 0.4) is 0 Å². The predicted octanol–water partition coefficient (Wildman–Crippen LogP) is 2.82. The van der Waals surface area contributed by atoms with Crippen LogP contribution in [-0.4, -0.2) is 18.5 Å². The van der Waals surface area contributed by atoms with Crippen LogP contribution in [0.1, 0.15) is 17.5 Å². The van der Waals surface area contributed by atoms with E-state index in [0.29, 0.717) is 12.2 Å². The number of urea groups is 1. The summed E-state index contributed by atoms with van der Waals surface area (Å²) in [5.74, 6) is -0.0896. The van der Waals surface area contributed by atoms with Crippen LogP contribution >= 0.6 is 0 Å². The monoisotopic (exact) mass is 311 g/mol. The third-order valence-electron chi connectivity index (χ3n) is 3.41. The highest BCUT2D eigenvalue weighted by molar-refractivity contribution is 5.89. The second-order valence-electron chi connectivity index (χ2n) is 5.20. The number of amides is 3. The molecule has 3 N–H and O–H groups in total. The van der Waals surface area contributed by atoms with Crippen molar-refractivity contribution >= 4 is 17.6 Å². The number of para-hydroxylation sites is 1. The van der Waals surface area contributed by atoms with Crippen molar-refractivity contribution in [2.24, 2.45) is 0 Å². The van der Waals surface area contributed by atoms with Crippen LogP contribution in [-0.2, 0) is 11.3 Å². The minimum absolute atomic E-state index is 0.0896. The molecule has 2 aromatic carbocycles. The van der Waals surface area contributed by atoms with Gasteiger partial charge < -0.3 is 16.0 Å². The maximum Gasteiger partial charge on any atom is 0.319 e. The van der Waals surface area contributed by atoms with Gasteiger partial charge in [-0.25, -0.2) is 4.79 Å². The molecule has 0 aliphatic rings. The molecule has 0 aliphatic heterocycles. The summed E-state index contributed by atoms with van der Waals surface area (Å²) in [5.41, 5.74) is 2.96. The number of benzene rings is 2. The van der Waals surface area contributed by atoms with Crippen molar-refractivity contribution in [3.8, 4) is 0 Å². The van der Waals surface area contributed by atoms with Crippen LogP contribution in [0.25, 0.3) is 0 Å². The summed E-state index contributed by atoms with van der Waals surface area (Å²) >= 11 is 0. The zero-order valence-electron chi connectivity index (χ0n) is 13.1. The Hall–Kier alpha value is -2.82. The number of hydrogen-bond donors (Lipinski definition) is 3. The Morgan fingerprint density at radius 1 is 0.913 bits per heavy atom. The first kappa shape index (κ1) is 16.5. The van der Waals surface area contributed by atoms with E-state index in [2.05, 4.69) is 16.0 Å². The van der Waals surface area contributed by atoms with Gasteiger partial charge >= 0.3 is 6.03 Å². The minimum Gasteiger partial charge on any atom is -0.352 e. The Morgan fingerprint density at radius 3 is 2.35 bits per heavy atom. The number of hydrogen-bond acceptors (Lipinski definition) is 2. The highest BCUT2D eigenvalue weighted by Crippen LogP contribution is 2.06. The SMILES string of the molecule is Cc1ccccc1CNC(=O)CCNC(=O)Nc1ccccc1. The highest BCUT2D eigenvalue weighted by Gasteiger charge is 2.05. The number of carbonyl (C=O) groups excluding carboxylic acids is 2. The number of aryl methyl sites for hydroxylation is 1. The number of nitrogens with one attached hydrogen (secondary N) is 3. The molecule has 0 bridgehead atoms. The van der Waals surface area contributed by atoms with Gasteiger partial charge in [0.15, 0.2) is 0 Å².